The fourth-order valence-electron chi connectivity index (χ4n) is 1.90. The number of aromatic carboxylic acids is 1. The largest absolute Gasteiger partial charge is 0.478 e. The third-order valence-corrected chi connectivity index (χ3v) is 4.78. The van der Waals surface area contributed by atoms with Crippen LogP contribution in [0.2, 0.25) is 0 Å². The van der Waals surface area contributed by atoms with Crippen molar-refractivity contribution in [1.82, 2.24) is 10.1 Å². The Morgan fingerprint density at radius 2 is 2.14 bits per heavy atom. The van der Waals surface area contributed by atoms with Gasteiger partial charge in [-0.3, -0.25) is 0 Å². The van der Waals surface area contributed by atoms with Gasteiger partial charge >= 0.3 is 5.97 Å². The van der Waals surface area contributed by atoms with Gasteiger partial charge in [-0.25, -0.2) is 13.2 Å². The van der Waals surface area contributed by atoms with Crippen molar-refractivity contribution in [3.8, 4) is 0 Å². The van der Waals surface area contributed by atoms with Crippen LogP contribution >= 0.6 is 0 Å². The fraction of sp³-hybridized carbons (Fsp3) is 0.308. The molecular weight excluding hydrogens is 296 g/mol. The highest BCUT2D eigenvalue weighted by Crippen LogP contribution is 2.38. The lowest BCUT2D eigenvalue weighted by Crippen LogP contribution is -2.07. The lowest BCUT2D eigenvalue weighted by molar-refractivity contribution is 0.0696. The van der Waals surface area contributed by atoms with Crippen molar-refractivity contribution < 1.29 is 22.8 Å². The monoisotopic (exact) mass is 308 g/mol. The predicted molar refractivity (Wildman–Crippen MR) is 70.6 cm³/mol. The summed E-state index contributed by atoms with van der Waals surface area (Å²) in [6.45, 7) is 0. The molecule has 1 fully saturated rings. The van der Waals surface area contributed by atoms with Gasteiger partial charge in [0.05, 0.1) is 10.5 Å². The highest BCUT2D eigenvalue weighted by molar-refractivity contribution is 7.90. The molecule has 0 spiro atoms. The van der Waals surface area contributed by atoms with Gasteiger partial charge < -0.3 is 9.63 Å². The highest BCUT2D eigenvalue weighted by Gasteiger charge is 2.30. The Hall–Kier alpha value is -2.22. The Balaban J connectivity index is 1.85. The molecule has 21 heavy (non-hydrogen) atoms. The molecule has 1 aliphatic rings. The van der Waals surface area contributed by atoms with E-state index in [4.69, 9.17) is 9.63 Å². The third kappa shape index (κ3) is 2.94. The van der Waals surface area contributed by atoms with E-state index >= 15 is 0 Å². The van der Waals surface area contributed by atoms with Gasteiger partial charge in [0.25, 0.3) is 0 Å². The summed E-state index contributed by atoms with van der Waals surface area (Å²) in [4.78, 5) is 14.9. The van der Waals surface area contributed by atoms with E-state index in [1.54, 1.807) is 0 Å². The van der Waals surface area contributed by atoms with Crippen molar-refractivity contribution in [2.75, 3.05) is 0 Å². The van der Waals surface area contributed by atoms with Crippen molar-refractivity contribution in [3.05, 3.63) is 41.5 Å². The molecular formula is C13H12N2O5S. The first kappa shape index (κ1) is 13.7. The minimum atomic E-state index is -3.72. The molecule has 1 aliphatic carbocycles. The zero-order valence-corrected chi connectivity index (χ0v) is 11.7. The normalized spacial score (nSPS) is 15.0. The number of benzene rings is 1. The molecule has 1 heterocycles. The highest BCUT2D eigenvalue weighted by atomic mass is 32.2. The Morgan fingerprint density at radius 1 is 1.38 bits per heavy atom. The average molecular weight is 308 g/mol. The second-order valence-corrected chi connectivity index (χ2v) is 6.90. The molecule has 0 bridgehead atoms. The van der Waals surface area contributed by atoms with Gasteiger partial charge in [-0.2, -0.15) is 4.98 Å². The van der Waals surface area contributed by atoms with Crippen molar-refractivity contribution in [2.45, 2.75) is 29.4 Å². The summed E-state index contributed by atoms with van der Waals surface area (Å²) in [7, 11) is -3.72. The van der Waals surface area contributed by atoms with Crippen LogP contribution in [0.4, 0.5) is 0 Å². The maximum Gasteiger partial charge on any atom is 0.335 e. The summed E-state index contributed by atoms with van der Waals surface area (Å²) < 4.78 is 29.4. The third-order valence-electron chi connectivity index (χ3n) is 3.18. The molecule has 0 saturated heterocycles. The Morgan fingerprint density at radius 3 is 2.81 bits per heavy atom. The first-order valence-corrected chi connectivity index (χ1v) is 7.99. The van der Waals surface area contributed by atoms with E-state index in [1.165, 1.54) is 18.2 Å². The van der Waals surface area contributed by atoms with Crippen molar-refractivity contribution in [1.29, 1.82) is 0 Å². The van der Waals surface area contributed by atoms with Gasteiger partial charge in [0.15, 0.2) is 15.7 Å². The topological polar surface area (TPSA) is 110 Å². The quantitative estimate of drug-likeness (QED) is 0.893. The van der Waals surface area contributed by atoms with Crippen LogP contribution in [0.1, 0.15) is 40.8 Å². The second kappa shape index (κ2) is 4.96. The van der Waals surface area contributed by atoms with Crippen LogP contribution in [0.5, 0.6) is 0 Å². The number of carboxylic acids is 1. The molecule has 2 aromatic rings. The van der Waals surface area contributed by atoms with Crippen molar-refractivity contribution in [2.24, 2.45) is 0 Å². The van der Waals surface area contributed by atoms with Crippen LogP contribution in [0.25, 0.3) is 0 Å². The summed E-state index contributed by atoms with van der Waals surface area (Å²) in [6.07, 6.45) is 1.98. The van der Waals surface area contributed by atoms with Gasteiger partial charge in [-0.05, 0) is 31.0 Å². The number of carboxylic acid groups (broad SMARTS) is 1. The van der Waals surface area contributed by atoms with Crippen LogP contribution in [0.3, 0.4) is 0 Å². The summed E-state index contributed by atoms with van der Waals surface area (Å²) in [6, 6.07) is 5.19. The maximum atomic E-state index is 12.3. The second-order valence-electron chi connectivity index (χ2n) is 4.91. The molecule has 1 saturated carbocycles. The number of hydrogen-bond donors (Lipinski definition) is 1. The minimum Gasteiger partial charge on any atom is -0.478 e. The lowest BCUT2D eigenvalue weighted by Gasteiger charge is -2.02. The van der Waals surface area contributed by atoms with Gasteiger partial charge in [-0.15, -0.1) is 0 Å². The number of nitrogens with zero attached hydrogens (tertiary/aromatic N) is 2. The van der Waals surface area contributed by atoms with E-state index < -0.39 is 21.6 Å². The maximum absolute atomic E-state index is 12.3. The SMILES string of the molecule is O=C(O)c1cccc(S(=O)(=O)Cc2nc(C3CC3)no2)c1. The van der Waals surface area contributed by atoms with Gasteiger partial charge in [0.1, 0.15) is 5.75 Å². The summed E-state index contributed by atoms with van der Waals surface area (Å²) >= 11 is 0. The average Bonchev–Trinajstić information content (AvgIpc) is 3.20. The van der Waals surface area contributed by atoms with Crippen LogP contribution in [0.15, 0.2) is 33.7 Å². The molecule has 110 valence electrons. The molecule has 1 N–H and O–H groups in total. The molecule has 8 heteroatoms. The van der Waals surface area contributed by atoms with Crippen molar-refractivity contribution >= 4 is 15.8 Å². The van der Waals surface area contributed by atoms with Crippen LogP contribution in [-0.2, 0) is 15.6 Å². The summed E-state index contributed by atoms with van der Waals surface area (Å²) in [5, 5.41) is 12.7. The molecule has 0 aliphatic heterocycles. The smallest absolute Gasteiger partial charge is 0.335 e. The zero-order valence-electron chi connectivity index (χ0n) is 10.9. The molecule has 0 atom stereocenters. The van der Waals surface area contributed by atoms with Crippen LogP contribution in [-0.4, -0.2) is 29.6 Å². The molecule has 0 amide bonds. The van der Waals surface area contributed by atoms with Crippen molar-refractivity contribution in [3.63, 3.8) is 0 Å². The van der Waals surface area contributed by atoms with E-state index in [0.29, 0.717) is 5.82 Å². The first-order valence-electron chi connectivity index (χ1n) is 6.34. The Kier molecular flexibility index (Phi) is 3.25. The van der Waals surface area contributed by atoms with E-state index in [0.717, 1.165) is 18.9 Å². The molecule has 1 aromatic heterocycles. The molecule has 3 rings (SSSR count). The minimum absolute atomic E-state index is 0.0256. The molecule has 1 aromatic carbocycles. The fourth-order valence-corrected chi connectivity index (χ4v) is 3.10. The Bertz CT molecular complexity index is 792. The van der Waals surface area contributed by atoms with Gasteiger partial charge in [0.2, 0.25) is 5.89 Å². The number of carbonyl (C=O) groups is 1. The summed E-state index contributed by atoms with van der Waals surface area (Å²) in [5.41, 5.74) is -0.0831. The molecule has 0 radical (unpaired) electrons. The van der Waals surface area contributed by atoms with E-state index in [9.17, 15) is 13.2 Å². The van der Waals surface area contributed by atoms with E-state index in [2.05, 4.69) is 10.1 Å². The van der Waals surface area contributed by atoms with Gasteiger partial charge in [-0.1, -0.05) is 11.2 Å². The Labute approximate surface area is 120 Å². The molecule has 7 nitrogen and oxygen atoms in total. The zero-order chi connectivity index (χ0) is 15.0. The first-order chi connectivity index (χ1) is 9.95. The number of sulfone groups is 1. The molecule has 0 unspecified atom stereocenters. The predicted octanol–water partition coefficient (Wildman–Crippen LogP) is 1.62. The van der Waals surface area contributed by atoms with E-state index in [1.807, 2.05) is 0 Å². The number of aromatic nitrogens is 2. The van der Waals surface area contributed by atoms with Crippen LogP contribution in [0, 0.1) is 0 Å². The standard InChI is InChI=1S/C13H12N2O5S/c16-13(17)9-2-1-3-10(6-9)21(18,19)7-11-14-12(15-20-11)8-4-5-8/h1-3,6,8H,4-5,7H2,(H,16,17). The number of rotatable bonds is 5. The number of hydrogen-bond acceptors (Lipinski definition) is 6. The summed E-state index contributed by atoms with van der Waals surface area (Å²) in [5.74, 6) is -0.769. The van der Waals surface area contributed by atoms with Gasteiger partial charge in [0, 0.05) is 5.92 Å². The van der Waals surface area contributed by atoms with E-state index in [-0.39, 0.29) is 22.3 Å². The van der Waals surface area contributed by atoms with Crippen LogP contribution < -0.4 is 0 Å². The lowest BCUT2D eigenvalue weighted by atomic mass is 10.2.